The summed E-state index contributed by atoms with van der Waals surface area (Å²) < 4.78 is 2.55. The molecular formula is C48H41NS. The van der Waals surface area contributed by atoms with Crippen LogP contribution in [0.1, 0.15) is 53.6 Å². The Morgan fingerprint density at radius 3 is 2.26 bits per heavy atom. The van der Waals surface area contributed by atoms with Crippen molar-refractivity contribution in [1.82, 2.24) is 4.57 Å². The highest BCUT2D eigenvalue weighted by Crippen LogP contribution is 2.47. The maximum atomic E-state index is 2.55. The van der Waals surface area contributed by atoms with Gasteiger partial charge in [0.05, 0.1) is 16.7 Å². The maximum Gasteiger partial charge on any atom is 0.0547 e. The lowest BCUT2D eigenvalue weighted by Crippen LogP contribution is -2.18. The Hall–Kier alpha value is -5.05. The summed E-state index contributed by atoms with van der Waals surface area (Å²) in [5, 5.41) is 2.63. The van der Waals surface area contributed by atoms with E-state index in [9.17, 15) is 0 Å². The average molecular weight is 664 g/mol. The van der Waals surface area contributed by atoms with Gasteiger partial charge in [0, 0.05) is 26.0 Å². The largest absolute Gasteiger partial charge is 0.309 e. The second-order valence-electron chi connectivity index (χ2n) is 14.3. The van der Waals surface area contributed by atoms with E-state index in [0.717, 1.165) is 19.3 Å². The first-order valence-corrected chi connectivity index (χ1v) is 18.7. The predicted molar refractivity (Wildman–Crippen MR) is 216 cm³/mol. The van der Waals surface area contributed by atoms with Crippen LogP contribution in [0.2, 0.25) is 0 Å². The Kier molecular flexibility index (Phi) is 7.48. The number of rotatable bonds is 6. The van der Waals surface area contributed by atoms with E-state index in [2.05, 4.69) is 172 Å². The van der Waals surface area contributed by atoms with E-state index >= 15 is 0 Å². The van der Waals surface area contributed by atoms with E-state index in [1.54, 1.807) is 0 Å². The van der Waals surface area contributed by atoms with Crippen molar-refractivity contribution in [3.05, 3.63) is 173 Å². The molecule has 244 valence electrons. The number of nitrogens with zero attached hydrogens (tertiary/aromatic N) is 1. The minimum absolute atomic E-state index is 0.00775. The molecule has 9 rings (SSSR count). The summed E-state index contributed by atoms with van der Waals surface area (Å²) in [6, 6.07) is 45.3. The molecule has 0 saturated heterocycles. The van der Waals surface area contributed by atoms with Gasteiger partial charge < -0.3 is 4.57 Å². The topological polar surface area (TPSA) is 4.93 Å². The number of hydrogen-bond donors (Lipinski definition) is 0. The van der Waals surface area contributed by atoms with Gasteiger partial charge in [0.1, 0.15) is 0 Å². The van der Waals surface area contributed by atoms with E-state index < -0.39 is 0 Å². The third-order valence-electron chi connectivity index (χ3n) is 10.9. The Morgan fingerprint density at radius 2 is 1.42 bits per heavy atom. The average Bonchev–Trinajstić information content (AvgIpc) is 3.66. The van der Waals surface area contributed by atoms with Crippen LogP contribution in [0, 0.1) is 13.8 Å². The van der Waals surface area contributed by atoms with Crippen LogP contribution in [0.15, 0.2) is 144 Å². The van der Waals surface area contributed by atoms with Crippen molar-refractivity contribution < 1.29 is 0 Å². The minimum Gasteiger partial charge on any atom is -0.309 e. The second-order valence-corrected chi connectivity index (χ2v) is 15.8. The fourth-order valence-electron chi connectivity index (χ4n) is 8.37. The fraction of sp³-hybridized carbons (Fsp3) is 0.167. The first kappa shape index (κ1) is 31.0. The molecule has 1 aromatic heterocycles. The molecule has 0 N–H and O–H groups in total. The van der Waals surface area contributed by atoms with Crippen LogP contribution in [0.4, 0.5) is 0 Å². The summed E-state index contributed by atoms with van der Waals surface area (Å²) in [6.07, 6.45) is 10.2. The summed E-state index contributed by atoms with van der Waals surface area (Å²) >= 11 is 1.97. The normalized spacial score (nSPS) is 16.5. The van der Waals surface area contributed by atoms with Crippen molar-refractivity contribution in [1.29, 1.82) is 0 Å². The molecular weight excluding hydrogens is 623 g/mol. The molecule has 2 aliphatic carbocycles. The smallest absolute Gasteiger partial charge is 0.0547 e. The second kappa shape index (κ2) is 12.1. The van der Waals surface area contributed by atoms with E-state index in [1.807, 2.05) is 11.8 Å². The summed E-state index contributed by atoms with van der Waals surface area (Å²) in [5.41, 5.74) is 18.7. The van der Waals surface area contributed by atoms with Crippen LogP contribution in [-0.4, -0.2) is 9.31 Å². The van der Waals surface area contributed by atoms with Crippen molar-refractivity contribution in [2.75, 3.05) is 0 Å². The molecule has 0 saturated carbocycles. The molecule has 2 aliphatic rings. The monoisotopic (exact) mass is 663 g/mol. The van der Waals surface area contributed by atoms with Crippen molar-refractivity contribution in [3.8, 4) is 27.9 Å². The molecule has 0 radical (unpaired) electrons. The molecule has 1 heterocycles. The molecule has 50 heavy (non-hydrogen) atoms. The summed E-state index contributed by atoms with van der Waals surface area (Å²) in [5.74, 6) is 0. The molecule has 6 aromatic carbocycles. The number of aryl methyl sites for hydroxylation is 3. The summed E-state index contributed by atoms with van der Waals surface area (Å²) in [6.45, 7) is 9.17. The number of thioether (sulfide) groups is 1. The van der Waals surface area contributed by atoms with E-state index in [1.165, 1.54) is 93.6 Å². The van der Waals surface area contributed by atoms with Gasteiger partial charge in [0.25, 0.3) is 0 Å². The zero-order valence-electron chi connectivity index (χ0n) is 29.3. The van der Waals surface area contributed by atoms with Crippen LogP contribution in [0.5, 0.6) is 0 Å². The van der Waals surface area contributed by atoms with Crippen molar-refractivity contribution in [2.24, 2.45) is 0 Å². The van der Waals surface area contributed by atoms with Crippen molar-refractivity contribution in [2.45, 2.75) is 56.6 Å². The molecule has 0 aliphatic heterocycles. The standard InChI is InChI=1S/C48H41NS/c1-5-33-17-13-20-38(34-24-26-48(4,27-25-34)50-45-23-11-6-14-31(45)2)47(33)46-32(3)15-12-22-43(46)49-42-21-10-9-19-39(42)41-29-36-28-35-16-7-8-18-37(35)40(36)30-44(41)49/h6-26,29-30H,5,27-28H2,1-4H3. The highest BCUT2D eigenvalue weighted by molar-refractivity contribution is 8.00. The van der Waals surface area contributed by atoms with Gasteiger partial charge in [0.2, 0.25) is 0 Å². The number of aromatic nitrogens is 1. The number of fused-ring (bicyclic) bond motifs is 6. The Morgan fingerprint density at radius 1 is 0.660 bits per heavy atom. The van der Waals surface area contributed by atoms with Gasteiger partial charge in [-0.2, -0.15) is 0 Å². The zero-order valence-corrected chi connectivity index (χ0v) is 30.1. The van der Waals surface area contributed by atoms with Gasteiger partial charge in [-0.3, -0.25) is 0 Å². The van der Waals surface area contributed by atoms with Gasteiger partial charge in [-0.25, -0.2) is 0 Å². The van der Waals surface area contributed by atoms with Gasteiger partial charge >= 0.3 is 0 Å². The first-order valence-electron chi connectivity index (χ1n) is 17.9. The van der Waals surface area contributed by atoms with E-state index in [4.69, 9.17) is 0 Å². The Bertz CT molecular complexity index is 2540. The molecule has 0 spiro atoms. The van der Waals surface area contributed by atoms with Gasteiger partial charge in [-0.05, 0) is 126 Å². The summed E-state index contributed by atoms with van der Waals surface area (Å²) in [7, 11) is 0. The third-order valence-corrected chi connectivity index (χ3v) is 12.4. The molecule has 1 nitrogen and oxygen atoms in total. The SMILES string of the molecule is CCc1cccc(C2=CCC(C)(Sc3ccccc3C)C=C2)c1-c1c(C)cccc1-n1c2ccccc2c2cc3c(cc21)-c1ccccc1C3. The third kappa shape index (κ3) is 5.00. The maximum absolute atomic E-state index is 2.55. The zero-order chi connectivity index (χ0) is 34.0. The van der Waals surface area contributed by atoms with E-state index in [-0.39, 0.29) is 4.75 Å². The minimum atomic E-state index is 0.00775. The lowest BCUT2D eigenvalue weighted by molar-refractivity contribution is 0.799. The molecule has 1 unspecified atom stereocenters. The highest BCUT2D eigenvalue weighted by Gasteiger charge is 2.28. The Balaban J connectivity index is 1.23. The number of para-hydroxylation sites is 1. The van der Waals surface area contributed by atoms with Crippen LogP contribution < -0.4 is 0 Å². The molecule has 2 heteroatoms. The molecule has 0 bridgehead atoms. The van der Waals surface area contributed by atoms with Crippen LogP contribution >= 0.6 is 11.8 Å². The van der Waals surface area contributed by atoms with Crippen LogP contribution in [0.25, 0.3) is 55.3 Å². The number of allylic oxidation sites excluding steroid dienone is 3. The van der Waals surface area contributed by atoms with Crippen LogP contribution in [0.3, 0.4) is 0 Å². The summed E-state index contributed by atoms with van der Waals surface area (Å²) in [4.78, 5) is 1.36. The van der Waals surface area contributed by atoms with Gasteiger partial charge in [-0.15, -0.1) is 11.8 Å². The van der Waals surface area contributed by atoms with Crippen molar-refractivity contribution in [3.63, 3.8) is 0 Å². The highest BCUT2D eigenvalue weighted by atomic mass is 32.2. The molecule has 0 amide bonds. The predicted octanol–water partition coefficient (Wildman–Crippen LogP) is 13.1. The van der Waals surface area contributed by atoms with E-state index in [0.29, 0.717) is 0 Å². The van der Waals surface area contributed by atoms with Gasteiger partial charge in [0.15, 0.2) is 0 Å². The fourth-order valence-corrected chi connectivity index (χ4v) is 9.55. The first-order chi connectivity index (χ1) is 24.4. The quantitative estimate of drug-likeness (QED) is 0.171. The van der Waals surface area contributed by atoms with Gasteiger partial charge in [-0.1, -0.05) is 116 Å². The lowest BCUT2D eigenvalue weighted by atomic mass is 9.84. The molecule has 1 atom stereocenters. The van der Waals surface area contributed by atoms with Crippen LogP contribution in [-0.2, 0) is 12.8 Å². The molecule has 7 aromatic rings. The number of benzene rings is 6. The number of hydrogen-bond acceptors (Lipinski definition) is 1. The molecule has 0 fully saturated rings. The Labute approximate surface area is 300 Å². The van der Waals surface area contributed by atoms with Crippen molar-refractivity contribution >= 4 is 39.1 Å². The lowest BCUT2D eigenvalue weighted by Gasteiger charge is -2.29.